The summed E-state index contributed by atoms with van der Waals surface area (Å²) in [5.41, 5.74) is 4.99. The fourth-order valence-electron chi connectivity index (χ4n) is 6.08. The summed E-state index contributed by atoms with van der Waals surface area (Å²) in [4.78, 5) is 21.2. The minimum atomic E-state index is 0.128. The number of nitrogens with one attached hydrogen (secondary N) is 1. The van der Waals surface area contributed by atoms with Gasteiger partial charge in [-0.05, 0) is 47.6 Å². The molecule has 30 heavy (non-hydrogen) atoms. The molecule has 3 heterocycles. The van der Waals surface area contributed by atoms with E-state index in [0.717, 1.165) is 32.5 Å². The summed E-state index contributed by atoms with van der Waals surface area (Å²) in [6.07, 6.45) is 4.16. The first kappa shape index (κ1) is 18.0. The number of aromatic nitrogens is 1. The van der Waals surface area contributed by atoms with Gasteiger partial charge in [0, 0.05) is 37.8 Å². The SMILES string of the molecule is O=C(c1ccc[nH]1)N1C[C@@H]2CN(C3Cc4ccccc4C3)C[C@@H]2[C@@H]1c1ccccc1. The summed E-state index contributed by atoms with van der Waals surface area (Å²) in [5.74, 6) is 1.16. The van der Waals surface area contributed by atoms with Crippen molar-refractivity contribution in [3.8, 4) is 0 Å². The first-order chi connectivity index (χ1) is 14.8. The van der Waals surface area contributed by atoms with Crippen LogP contribution >= 0.6 is 0 Å². The predicted octanol–water partition coefficient (Wildman–Crippen LogP) is 3.93. The molecule has 0 unspecified atom stereocenters. The van der Waals surface area contributed by atoms with Crippen LogP contribution < -0.4 is 0 Å². The molecule has 1 aliphatic carbocycles. The van der Waals surface area contributed by atoms with Crippen LogP contribution in [0.3, 0.4) is 0 Å². The van der Waals surface area contributed by atoms with Crippen LogP contribution in [0.1, 0.15) is 33.2 Å². The van der Waals surface area contributed by atoms with Crippen LogP contribution in [-0.4, -0.2) is 46.4 Å². The van der Waals surface area contributed by atoms with Crippen molar-refractivity contribution in [1.29, 1.82) is 0 Å². The van der Waals surface area contributed by atoms with E-state index in [0.29, 0.717) is 23.6 Å². The maximum absolute atomic E-state index is 13.3. The minimum absolute atomic E-state index is 0.128. The van der Waals surface area contributed by atoms with Crippen LogP contribution in [0, 0.1) is 11.8 Å². The smallest absolute Gasteiger partial charge is 0.270 e. The first-order valence-corrected chi connectivity index (χ1v) is 11.1. The minimum Gasteiger partial charge on any atom is -0.357 e. The maximum atomic E-state index is 13.3. The standard InChI is InChI=1S/C26H27N3O/c30-26(24-11-6-12-27-24)29-16-21-15-28(22-13-19-9-4-5-10-20(19)14-22)17-23(21)25(29)18-7-2-1-3-8-18/h1-12,21-23,25,27H,13-17H2/t21-,23-,25-/m0/s1. The zero-order valence-corrected chi connectivity index (χ0v) is 17.1. The Kier molecular flexibility index (Phi) is 4.27. The summed E-state index contributed by atoms with van der Waals surface area (Å²) in [6, 6.07) is 24.1. The van der Waals surface area contributed by atoms with Crippen LogP contribution in [0.4, 0.5) is 0 Å². The number of amides is 1. The van der Waals surface area contributed by atoms with E-state index in [-0.39, 0.29) is 11.9 Å². The number of carbonyl (C=O) groups excluding carboxylic acids is 1. The molecule has 2 aromatic carbocycles. The van der Waals surface area contributed by atoms with Crippen LogP contribution in [0.5, 0.6) is 0 Å². The molecule has 152 valence electrons. The molecule has 3 aliphatic rings. The molecule has 3 aromatic rings. The van der Waals surface area contributed by atoms with Crippen LogP contribution in [0.15, 0.2) is 72.9 Å². The normalized spacial score (nSPS) is 26.1. The summed E-state index contributed by atoms with van der Waals surface area (Å²) >= 11 is 0. The lowest BCUT2D eigenvalue weighted by atomic mass is 9.89. The number of hydrogen-bond acceptors (Lipinski definition) is 2. The second-order valence-electron chi connectivity index (χ2n) is 9.11. The number of rotatable bonds is 3. The van der Waals surface area contributed by atoms with E-state index >= 15 is 0 Å². The van der Waals surface area contributed by atoms with Crippen molar-refractivity contribution in [1.82, 2.24) is 14.8 Å². The van der Waals surface area contributed by atoms with E-state index in [1.807, 2.05) is 18.3 Å². The molecule has 0 bridgehead atoms. The number of carbonyl (C=O) groups is 1. The summed E-state index contributed by atoms with van der Waals surface area (Å²) < 4.78 is 0. The maximum Gasteiger partial charge on any atom is 0.270 e. The Hall–Kier alpha value is -2.85. The van der Waals surface area contributed by atoms with E-state index in [2.05, 4.69) is 69.4 Å². The van der Waals surface area contributed by atoms with Gasteiger partial charge in [-0.15, -0.1) is 0 Å². The second kappa shape index (κ2) is 7.13. The van der Waals surface area contributed by atoms with Gasteiger partial charge in [0.25, 0.3) is 5.91 Å². The van der Waals surface area contributed by atoms with Gasteiger partial charge in [0.05, 0.1) is 6.04 Å². The Morgan fingerprint density at radius 1 is 0.833 bits per heavy atom. The average Bonchev–Trinajstić information content (AvgIpc) is 3.56. The number of fused-ring (bicyclic) bond motifs is 2. The fourth-order valence-corrected chi connectivity index (χ4v) is 6.08. The molecular formula is C26H27N3O. The molecule has 4 nitrogen and oxygen atoms in total. The number of benzene rings is 2. The molecule has 0 saturated carbocycles. The molecule has 1 aromatic heterocycles. The van der Waals surface area contributed by atoms with E-state index in [1.54, 1.807) is 0 Å². The molecule has 1 amide bonds. The molecule has 6 rings (SSSR count). The lowest BCUT2D eigenvalue weighted by molar-refractivity contribution is 0.0688. The molecule has 1 N–H and O–H groups in total. The number of H-pyrrole nitrogens is 1. The molecule has 3 atom stereocenters. The van der Waals surface area contributed by atoms with Gasteiger partial charge in [-0.1, -0.05) is 54.6 Å². The largest absolute Gasteiger partial charge is 0.357 e. The zero-order valence-electron chi connectivity index (χ0n) is 17.1. The van der Waals surface area contributed by atoms with Crippen molar-refractivity contribution in [3.63, 3.8) is 0 Å². The first-order valence-electron chi connectivity index (χ1n) is 11.1. The highest BCUT2D eigenvalue weighted by Gasteiger charge is 2.50. The van der Waals surface area contributed by atoms with Crippen molar-refractivity contribution >= 4 is 5.91 Å². The van der Waals surface area contributed by atoms with Crippen LogP contribution in [-0.2, 0) is 12.8 Å². The predicted molar refractivity (Wildman–Crippen MR) is 117 cm³/mol. The quantitative estimate of drug-likeness (QED) is 0.727. The molecule has 2 saturated heterocycles. The van der Waals surface area contributed by atoms with Crippen molar-refractivity contribution in [2.75, 3.05) is 19.6 Å². The monoisotopic (exact) mass is 397 g/mol. The van der Waals surface area contributed by atoms with Gasteiger partial charge in [0.2, 0.25) is 0 Å². The van der Waals surface area contributed by atoms with Gasteiger partial charge in [-0.2, -0.15) is 0 Å². The van der Waals surface area contributed by atoms with Gasteiger partial charge < -0.3 is 9.88 Å². The fraction of sp³-hybridized carbons (Fsp3) is 0.346. The van der Waals surface area contributed by atoms with Gasteiger partial charge in [0.1, 0.15) is 5.69 Å². The Morgan fingerprint density at radius 3 is 2.27 bits per heavy atom. The molecule has 0 spiro atoms. The third kappa shape index (κ3) is 2.90. The average molecular weight is 398 g/mol. The van der Waals surface area contributed by atoms with Gasteiger partial charge in [-0.25, -0.2) is 0 Å². The van der Waals surface area contributed by atoms with E-state index in [4.69, 9.17) is 0 Å². The van der Waals surface area contributed by atoms with E-state index < -0.39 is 0 Å². The number of likely N-dealkylation sites (tertiary alicyclic amines) is 2. The number of nitrogens with zero attached hydrogens (tertiary/aromatic N) is 2. The lowest BCUT2D eigenvalue weighted by Crippen LogP contribution is -2.39. The third-order valence-corrected chi connectivity index (χ3v) is 7.47. The summed E-state index contributed by atoms with van der Waals surface area (Å²) in [5, 5.41) is 0. The Labute approximate surface area is 177 Å². The zero-order chi connectivity index (χ0) is 20.1. The van der Waals surface area contributed by atoms with Crippen molar-refractivity contribution in [3.05, 3.63) is 95.3 Å². The van der Waals surface area contributed by atoms with Gasteiger partial charge in [-0.3, -0.25) is 9.69 Å². The van der Waals surface area contributed by atoms with E-state index in [9.17, 15) is 4.79 Å². The Morgan fingerprint density at radius 2 is 1.57 bits per heavy atom. The second-order valence-corrected chi connectivity index (χ2v) is 9.11. The van der Waals surface area contributed by atoms with E-state index in [1.165, 1.54) is 16.7 Å². The Balaban J connectivity index is 1.26. The lowest BCUT2D eigenvalue weighted by Gasteiger charge is -2.31. The third-order valence-electron chi connectivity index (χ3n) is 7.47. The highest BCUT2D eigenvalue weighted by atomic mass is 16.2. The molecule has 0 radical (unpaired) electrons. The van der Waals surface area contributed by atoms with Crippen molar-refractivity contribution < 1.29 is 4.79 Å². The highest BCUT2D eigenvalue weighted by molar-refractivity contribution is 5.93. The molecule has 2 aliphatic heterocycles. The summed E-state index contributed by atoms with van der Waals surface area (Å²) in [6.45, 7) is 3.02. The van der Waals surface area contributed by atoms with Gasteiger partial charge >= 0.3 is 0 Å². The molecular weight excluding hydrogens is 370 g/mol. The van der Waals surface area contributed by atoms with Crippen LogP contribution in [0.2, 0.25) is 0 Å². The Bertz CT molecular complexity index is 1020. The molecule has 2 fully saturated rings. The number of aromatic amines is 1. The topological polar surface area (TPSA) is 39.3 Å². The summed E-state index contributed by atoms with van der Waals surface area (Å²) in [7, 11) is 0. The van der Waals surface area contributed by atoms with Crippen LogP contribution in [0.25, 0.3) is 0 Å². The molecule has 4 heteroatoms. The number of hydrogen-bond donors (Lipinski definition) is 1. The van der Waals surface area contributed by atoms with Crippen molar-refractivity contribution in [2.24, 2.45) is 11.8 Å². The van der Waals surface area contributed by atoms with Crippen molar-refractivity contribution in [2.45, 2.75) is 24.9 Å². The van der Waals surface area contributed by atoms with Gasteiger partial charge in [0.15, 0.2) is 0 Å². The highest BCUT2D eigenvalue weighted by Crippen LogP contribution is 2.46.